The molecule has 0 aliphatic carbocycles. The van der Waals surface area contributed by atoms with Gasteiger partial charge in [-0.2, -0.15) is 0 Å². The van der Waals surface area contributed by atoms with E-state index in [0.717, 1.165) is 4.31 Å². The van der Waals surface area contributed by atoms with E-state index >= 15 is 0 Å². The maximum Gasteiger partial charge on any atom is 0.239 e. The number of hydrogen-bond donors (Lipinski definition) is 1. The third kappa shape index (κ3) is 3.27. The van der Waals surface area contributed by atoms with Gasteiger partial charge in [-0.25, -0.2) is 12.8 Å². The molecule has 0 spiro atoms. The van der Waals surface area contributed by atoms with Crippen molar-refractivity contribution in [3.8, 4) is 0 Å². The van der Waals surface area contributed by atoms with Crippen molar-refractivity contribution in [3.05, 3.63) is 59.9 Å². The van der Waals surface area contributed by atoms with Crippen LogP contribution < -0.4 is 10.0 Å². The molecular weight excluding hydrogens is 279 g/mol. The van der Waals surface area contributed by atoms with Crippen molar-refractivity contribution in [3.63, 3.8) is 0 Å². The van der Waals surface area contributed by atoms with Crippen LogP contribution in [0.2, 0.25) is 0 Å². The Labute approximate surface area is 117 Å². The zero-order valence-electron chi connectivity index (χ0n) is 11.0. The van der Waals surface area contributed by atoms with Gasteiger partial charge in [-0.15, -0.1) is 0 Å². The Morgan fingerprint density at radius 2 is 1.60 bits per heavy atom. The Balaban J connectivity index is 2.21. The van der Waals surface area contributed by atoms with Crippen LogP contribution in [0.25, 0.3) is 0 Å². The van der Waals surface area contributed by atoms with Crippen LogP contribution in [0.4, 0.5) is 15.8 Å². The van der Waals surface area contributed by atoms with Crippen molar-refractivity contribution in [2.45, 2.75) is 5.75 Å². The molecule has 0 bridgehead atoms. The van der Waals surface area contributed by atoms with Crippen LogP contribution in [0.5, 0.6) is 0 Å². The van der Waals surface area contributed by atoms with Gasteiger partial charge in [0.15, 0.2) is 0 Å². The van der Waals surface area contributed by atoms with E-state index in [2.05, 4.69) is 0 Å². The van der Waals surface area contributed by atoms with Gasteiger partial charge in [-0.05, 0) is 42.0 Å². The Hall–Kier alpha value is -2.08. The molecule has 0 aromatic heterocycles. The van der Waals surface area contributed by atoms with Crippen molar-refractivity contribution >= 4 is 21.4 Å². The molecule has 0 amide bonds. The Kier molecular flexibility index (Phi) is 3.94. The number of halogens is 1. The van der Waals surface area contributed by atoms with Gasteiger partial charge in [0.05, 0.1) is 11.4 Å². The Morgan fingerprint density at radius 1 is 1.05 bits per heavy atom. The fraction of sp³-hybridized carbons (Fsp3) is 0.143. The average Bonchev–Trinajstić information content (AvgIpc) is 2.41. The van der Waals surface area contributed by atoms with E-state index in [9.17, 15) is 12.8 Å². The topological polar surface area (TPSA) is 63.4 Å². The monoisotopic (exact) mass is 294 g/mol. The summed E-state index contributed by atoms with van der Waals surface area (Å²) < 4.78 is 38.5. The van der Waals surface area contributed by atoms with E-state index in [1.807, 2.05) is 0 Å². The van der Waals surface area contributed by atoms with Crippen LogP contribution in [-0.4, -0.2) is 15.5 Å². The minimum atomic E-state index is -3.52. The fourth-order valence-corrected chi connectivity index (χ4v) is 2.98. The second-order valence-corrected chi connectivity index (χ2v) is 6.44. The first kappa shape index (κ1) is 14.3. The lowest BCUT2D eigenvalue weighted by molar-refractivity contribution is 0.593. The third-order valence-electron chi connectivity index (χ3n) is 2.94. The van der Waals surface area contributed by atoms with E-state index in [1.165, 1.54) is 31.3 Å². The standard InChI is InChI=1S/C14H15FN2O2S/c1-17(14-8-4-12(15)5-9-14)20(18,19)10-11-2-6-13(16)7-3-11/h2-9H,10,16H2,1H3. The minimum absolute atomic E-state index is 0.138. The highest BCUT2D eigenvalue weighted by molar-refractivity contribution is 7.92. The molecule has 0 saturated carbocycles. The molecule has 2 aromatic carbocycles. The molecule has 0 fully saturated rings. The van der Waals surface area contributed by atoms with Crippen molar-refractivity contribution in [1.82, 2.24) is 0 Å². The number of nitrogens with zero attached hydrogens (tertiary/aromatic N) is 1. The summed E-state index contributed by atoms with van der Waals surface area (Å²) in [6, 6.07) is 12.0. The summed E-state index contributed by atoms with van der Waals surface area (Å²) in [5, 5.41) is 0. The molecule has 0 unspecified atom stereocenters. The van der Waals surface area contributed by atoms with Crippen molar-refractivity contribution in [2.24, 2.45) is 0 Å². The first-order chi connectivity index (χ1) is 9.38. The average molecular weight is 294 g/mol. The minimum Gasteiger partial charge on any atom is -0.399 e. The number of rotatable bonds is 4. The largest absolute Gasteiger partial charge is 0.399 e. The molecular formula is C14H15FN2O2S. The molecule has 4 nitrogen and oxygen atoms in total. The zero-order valence-corrected chi connectivity index (χ0v) is 11.8. The van der Waals surface area contributed by atoms with E-state index in [1.54, 1.807) is 24.3 Å². The van der Waals surface area contributed by atoms with E-state index < -0.39 is 15.8 Å². The summed E-state index contributed by atoms with van der Waals surface area (Å²) in [5.74, 6) is -0.542. The first-order valence-electron chi connectivity index (χ1n) is 5.95. The van der Waals surface area contributed by atoms with Gasteiger partial charge in [0.2, 0.25) is 10.0 Å². The predicted octanol–water partition coefficient (Wildman–Crippen LogP) is 2.37. The molecule has 0 atom stereocenters. The quantitative estimate of drug-likeness (QED) is 0.881. The molecule has 2 aromatic rings. The van der Waals surface area contributed by atoms with E-state index in [4.69, 9.17) is 5.73 Å². The van der Waals surface area contributed by atoms with E-state index in [-0.39, 0.29) is 5.75 Å². The van der Waals surface area contributed by atoms with Crippen LogP contribution >= 0.6 is 0 Å². The highest BCUT2D eigenvalue weighted by Crippen LogP contribution is 2.19. The molecule has 106 valence electrons. The SMILES string of the molecule is CN(c1ccc(F)cc1)S(=O)(=O)Cc1ccc(N)cc1. The Bertz CT molecular complexity index is 682. The maximum atomic E-state index is 12.9. The van der Waals surface area contributed by atoms with Gasteiger partial charge >= 0.3 is 0 Å². The van der Waals surface area contributed by atoms with Gasteiger partial charge in [0.1, 0.15) is 5.82 Å². The molecule has 0 saturated heterocycles. The summed E-state index contributed by atoms with van der Waals surface area (Å²) >= 11 is 0. The zero-order chi connectivity index (χ0) is 14.8. The lowest BCUT2D eigenvalue weighted by atomic mass is 10.2. The predicted molar refractivity (Wildman–Crippen MR) is 78.3 cm³/mol. The maximum absolute atomic E-state index is 12.9. The highest BCUT2D eigenvalue weighted by atomic mass is 32.2. The number of sulfonamides is 1. The second-order valence-electron chi connectivity index (χ2n) is 4.44. The number of anilines is 2. The summed E-state index contributed by atoms with van der Waals surface area (Å²) in [6.07, 6.45) is 0. The van der Waals surface area contributed by atoms with Crippen molar-refractivity contribution < 1.29 is 12.8 Å². The van der Waals surface area contributed by atoms with Crippen molar-refractivity contribution in [2.75, 3.05) is 17.1 Å². The second kappa shape index (κ2) is 5.50. The van der Waals surface area contributed by atoms with Gasteiger partial charge in [-0.3, -0.25) is 4.31 Å². The molecule has 0 heterocycles. The van der Waals surface area contributed by atoms with Crippen LogP contribution in [0, 0.1) is 5.82 Å². The van der Waals surface area contributed by atoms with Gasteiger partial charge < -0.3 is 5.73 Å². The third-order valence-corrected chi connectivity index (χ3v) is 4.68. The first-order valence-corrected chi connectivity index (χ1v) is 7.56. The molecule has 0 radical (unpaired) electrons. The van der Waals surface area contributed by atoms with Crippen LogP contribution in [0.3, 0.4) is 0 Å². The fourth-order valence-electron chi connectivity index (χ4n) is 1.73. The molecule has 20 heavy (non-hydrogen) atoms. The number of nitrogens with two attached hydrogens (primary N) is 1. The van der Waals surface area contributed by atoms with Gasteiger partial charge in [0.25, 0.3) is 0 Å². The smallest absolute Gasteiger partial charge is 0.239 e. The van der Waals surface area contributed by atoms with Gasteiger partial charge in [0, 0.05) is 12.7 Å². The number of benzene rings is 2. The molecule has 2 N–H and O–H groups in total. The molecule has 6 heteroatoms. The normalized spacial score (nSPS) is 11.3. The van der Waals surface area contributed by atoms with Crippen LogP contribution in [0.15, 0.2) is 48.5 Å². The summed E-state index contributed by atoms with van der Waals surface area (Å²) in [6.45, 7) is 0. The summed E-state index contributed by atoms with van der Waals surface area (Å²) in [5.41, 5.74) is 7.21. The summed E-state index contributed by atoms with van der Waals surface area (Å²) in [4.78, 5) is 0. The Morgan fingerprint density at radius 3 is 2.15 bits per heavy atom. The molecule has 0 aliphatic heterocycles. The molecule has 0 aliphatic rings. The highest BCUT2D eigenvalue weighted by Gasteiger charge is 2.19. The van der Waals surface area contributed by atoms with E-state index in [0.29, 0.717) is 16.9 Å². The van der Waals surface area contributed by atoms with Crippen molar-refractivity contribution in [1.29, 1.82) is 0 Å². The lowest BCUT2D eigenvalue weighted by Gasteiger charge is -2.19. The number of hydrogen-bond acceptors (Lipinski definition) is 3. The molecule has 2 rings (SSSR count). The van der Waals surface area contributed by atoms with Gasteiger partial charge in [-0.1, -0.05) is 12.1 Å². The lowest BCUT2D eigenvalue weighted by Crippen LogP contribution is -2.27. The summed E-state index contributed by atoms with van der Waals surface area (Å²) in [7, 11) is -2.08. The van der Waals surface area contributed by atoms with Crippen LogP contribution in [0.1, 0.15) is 5.56 Å². The van der Waals surface area contributed by atoms with Crippen LogP contribution in [-0.2, 0) is 15.8 Å². The number of nitrogen functional groups attached to an aromatic ring is 1.